The van der Waals surface area contributed by atoms with Gasteiger partial charge >= 0.3 is 5.97 Å². The fraction of sp³-hybridized carbons (Fsp3) is 0.312. The predicted octanol–water partition coefficient (Wildman–Crippen LogP) is 1.89. The number of fused-ring (bicyclic) bond motifs is 1. The molecule has 0 radical (unpaired) electrons. The van der Waals surface area contributed by atoms with E-state index in [1.165, 1.54) is 6.92 Å². The van der Waals surface area contributed by atoms with Crippen molar-refractivity contribution in [2.24, 2.45) is 5.16 Å². The molecule has 1 unspecified atom stereocenters. The number of benzene rings is 1. The number of rotatable bonds is 6. The number of carbonyl (C=O) groups is 2. The van der Waals surface area contributed by atoms with Crippen molar-refractivity contribution in [1.82, 2.24) is 0 Å². The maximum atomic E-state index is 12.4. The first kappa shape index (κ1) is 15.8. The Kier molecular flexibility index (Phi) is 4.93. The maximum Gasteiger partial charge on any atom is 0.349 e. The van der Waals surface area contributed by atoms with E-state index in [0.717, 1.165) is 5.69 Å². The van der Waals surface area contributed by atoms with E-state index in [0.29, 0.717) is 12.1 Å². The van der Waals surface area contributed by atoms with E-state index in [1.54, 1.807) is 24.0 Å². The van der Waals surface area contributed by atoms with E-state index >= 15 is 0 Å². The molecule has 0 bridgehead atoms. The second-order valence-electron chi connectivity index (χ2n) is 4.66. The summed E-state index contributed by atoms with van der Waals surface area (Å²) in [6.45, 7) is 7.52. The Balaban J connectivity index is 2.24. The average Bonchev–Trinajstić information content (AvgIpc) is 2.78. The van der Waals surface area contributed by atoms with Gasteiger partial charge in [0.25, 0.3) is 5.91 Å². The number of amides is 1. The van der Waals surface area contributed by atoms with Gasteiger partial charge < -0.3 is 14.5 Å². The van der Waals surface area contributed by atoms with Gasteiger partial charge in [-0.1, -0.05) is 29.4 Å². The first-order chi connectivity index (χ1) is 10.6. The van der Waals surface area contributed by atoms with Gasteiger partial charge in [-0.15, -0.1) is 6.58 Å². The minimum atomic E-state index is -0.874. The van der Waals surface area contributed by atoms with Crippen LogP contribution >= 0.6 is 0 Å². The molecule has 6 nitrogen and oxygen atoms in total. The molecule has 1 aliphatic rings. The molecule has 0 aromatic heterocycles. The summed E-state index contributed by atoms with van der Waals surface area (Å²) in [7, 11) is 0. The Hall–Kier alpha value is -2.63. The SMILES string of the molecule is C=CCN1C(=O)/C(=N\OC(C)C(=O)OCC)c2ccccc21. The van der Waals surface area contributed by atoms with Crippen LogP contribution in [0.2, 0.25) is 0 Å². The van der Waals surface area contributed by atoms with Gasteiger partial charge in [0.1, 0.15) is 0 Å². The van der Waals surface area contributed by atoms with Crippen molar-refractivity contribution in [1.29, 1.82) is 0 Å². The molecular weight excluding hydrogens is 284 g/mol. The zero-order valence-corrected chi connectivity index (χ0v) is 12.6. The smallest absolute Gasteiger partial charge is 0.349 e. The monoisotopic (exact) mass is 302 g/mol. The second-order valence-corrected chi connectivity index (χ2v) is 4.66. The molecule has 0 spiro atoms. The van der Waals surface area contributed by atoms with Gasteiger partial charge in [-0.2, -0.15) is 0 Å². The highest BCUT2D eigenvalue weighted by Crippen LogP contribution is 2.29. The van der Waals surface area contributed by atoms with Crippen LogP contribution in [0, 0.1) is 0 Å². The number of oxime groups is 1. The Bertz CT molecular complexity index is 624. The maximum absolute atomic E-state index is 12.4. The van der Waals surface area contributed by atoms with Crippen molar-refractivity contribution in [2.75, 3.05) is 18.1 Å². The van der Waals surface area contributed by atoms with E-state index in [2.05, 4.69) is 11.7 Å². The number of esters is 1. The van der Waals surface area contributed by atoms with E-state index in [9.17, 15) is 9.59 Å². The van der Waals surface area contributed by atoms with Gasteiger partial charge in [0, 0.05) is 12.1 Å². The molecule has 116 valence electrons. The van der Waals surface area contributed by atoms with Crippen LogP contribution in [0.15, 0.2) is 42.1 Å². The summed E-state index contributed by atoms with van der Waals surface area (Å²) in [5.41, 5.74) is 1.59. The number of anilines is 1. The lowest BCUT2D eigenvalue weighted by atomic mass is 10.1. The van der Waals surface area contributed by atoms with Crippen molar-refractivity contribution in [3.63, 3.8) is 0 Å². The minimum absolute atomic E-state index is 0.175. The van der Waals surface area contributed by atoms with Gasteiger partial charge in [0.2, 0.25) is 6.10 Å². The first-order valence-corrected chi connectivity index (χ1v) is 7.02. The molecule has 0 fully saturated rings. The number of para-hydroxylation sites is 1. The fourth-order valence-corrected chi connectivity index (χ4v) is 2.09. The lowest BCUT2D eigenvalue weighted by Gasteiger charge is -2.13. The van der Waals surface area contributed by atoms with E-state index in [1.807, 2.05) is 18.2 Å². The zero-order valence-electron chi connectivity index (χ0n) is 12.6. The van der Waals surface area contributed by atoms with Crippen molar-refractivity contribution in [3.05, 3.63) is 42.5 Å². The summed E-state index contributed by atoms with van der Waals surface area (Å²) in [6, 6.07) is 7.27. The highest BCUT2D eigenvalue weighted by Gasteiger charge is 2.34. The molecule has 1 aromatic carbocycles. The number of carbonyl (C=O) groups excluding carboxylic acids is 2. The number of ether oxygens (including phenoxy) is 1. The summed E-state index contributed by atoms with van der Waals surface area (Å²) in [4.78, 5) is 30.6. The number of hydrogen-bond acceptors (Lipinski definition) is 5. The molecule has 22 heavy (non-hydrogen) atoms. The predicted molar refractivity (Wildman–Crippen MR) is 82.7 cm³/mol. The zero-order chi connectivity index (χ0) is 16.1. The topological polar surface area (TPSA) is 68.2 Å². The van der Waals surface area contributed by atoms with E-state index in [4.69, 9.17) is 9.57 Å². The highest BCUT2D eigenvalue weighted by atomic mass is 16.7. The summed E-state index contributed by atoms with van der Waals surface area (Å²) >= 11 is 0. The molecule has 1 aliphatic heterocycles. The Morgan fingerprint density at radius 3 is 2.86 bits per heavy atom. The lowest BCUT2D eigenvalue weighted by Crippen LogP contribution is -2.30. The number of hydrogen-bond donors (Lipinski definition) is 0. The van der Waals surface area contributed by atoms with Crippen LogP contribution in [0.4, 0.5) is 5.69 Å². The largest absolute Gasteiger partial charge is 0.463 e. The van der Waals surface area contributed by atoms with Gasteiger partial charge in [-0.25, -0.2) is 4.79 Å². The first-order valence-electron chi connectivity index (χ1n) is 7.02. The van der Waals surface area contributed by atoms with Gasteiger partial charge in [-0.3, -0.25) is 4.79 Å². The summed E-state index contributed by atoms with van der Waals surface area (Å²) in [5, 5.41) is 3.87. The normalized spacial score (nSPS) is 16.4. The molecule has 0 saturated heterocycles. The van der Waals surface area contributed by atoms with Crippen molar-refractivity contribution >= 4 is 23.3 Å². The average molecular weight is 302 g/mol. The Labute approximate surface area is 129 Å². The van der Waals surface area contributed by atoms with Gasteiger partial charge in [0.15, 0.2) is 5.71 Å². The van der Waals surface area contributed by atoms with Crippen LogP contribution in [0.1, 0.15) is 19.4 Å². The highest BCUT2D eigenvalue weighted by molar-refractivity contribution is 6.54. The quantitative estimate of drug-likeness (QED) is 0.457. The Morgan fingerprint density at radius 2 is 2.18 bits per heavy atom. The molecular formula is C16H18N2O4. The van der Waals surface area contributed by atoms with Crippen LogP contribution in [-0.2, 0) is 19.2 Å². The van der Waals surface area contributed by atoms with E-state index in [-0.39, 0.29) is 18.2 Å². The molecule has 1 atom stereocenters. The molecule has 0 saturated carbocycles. The van der Waals surface area contributed by atoms with Crippen molar-refractivity contribution < 1.29 is 19.2 Å². The lowest BCUT2D eigenvalue weighted by molar-refractivity contribution is -0.155. The van der Waals surface area contributed by atoms with Gasteiger partial charge in [0.05, 0.1) is 12.3 Å². The van der Waals surface area contributed by atoms with Crippen molar-refractivity contribution in [2.45, 2.75) is 20.0 Å². The molecule has 1 aromatic rings. The van der Waals surface area contributed by atoms with Crippen molar-refractivity contribution in [3.8, 4) is 0 Å². The van der Waals surface area contributed by atoms with Crippen LogP contribution in [0.5, 0.6) is 0 Å². The fourth-order valence-electron chi connectivity index (χ4n) is 2.09. The molecule has 2 rings (SSSR count). The van der Waals surface area contributed by atoms with E-state index < -0.39 is 12.1 Å². The van der Waals surface area contributed by atoms with Crippen LogP contribution in [-0.4, -0.2) is 36.8 Å². The summed E-state index contributed by atoms with van der Waals surface area (Å²) in [6.07, 6.45) is 0.764. The minimum Gasteiger partial charge on any atom is -0.463 e. The Morgan fingerprint density at radius 1 is 1.45 bits per heavy atom. The third-order valence-electron chi connectivity index (χ3n) is 3.13. The standard InChI is InChI=1S/C16H18N2O4/c1-4-10-18-13-9-7-6-8-12(13)14(15(18)19)17-22-11(3)16(20)21-5-2/h4,6-9,11H,1,5,10H2,2-3H3/b17-14-. The molecule has 6 heteroatoms. The molecule has 1 amide bonds. The molecule has 0 aliphatic carbocycles. The van der Waals surface area contributed by atoms with Crippen LogP contribution < -0.4 is 4.90 Å². The molecule has 1 heterocycles. The third kappa shape index (κ3) is 3.00. The molecule has 0 N–H and O–H groups in total. The van der Waals surface area contributed by atoms with Gasteiger partial charge in [-0.05, 0) is 19.9 Å². The summed E-state index contributed by atoms with van der Waals surface area (Å²) in [5.74, 6) is -0.800. The van der Waals surface area contributed by atoms with Crippen LogP contribution in [0.25, 0.3) is 0 Å². The third-order valence-corrected chi connectivity index (χ3v) is 3.13. The second kappa shape index (κ2) is 6.89. The number of nitrogens with zero attached hydrogens (tertiary/aromatic N) is 2. The van der Waals surface area contributed by atoms with Crippen LogP contribution in [0.3, 0.4) is 0 Å². The summed E-state index contributed by atoms with van der Waals surface area (Å²) < 4.78 is 4.83.